The Morgan fingerprint density at radius 2 is 2.00 bits per heavy atom. The first-order valence-corrected chi connectivity index (χ1v) is 15.5. The van der Waals surface area contributed by atoms with E-state index in [2.05, 4.69) is 31.9 Å². The average Bonchev–Trinajstić information content (AvgIpc) is 3.76. The number of pyridine rings is 1. The third-order valence-corrected chi connectivity index (χ3v) is 8.56. The molecule has 10 nitrogen and oxygen atoms in total. The summed E-state index contributed by atoms with van der Waals surface area (Å²) < 4.78 is 46.0. The number of fused-ring (bicyclic) bond motifs is 1. The normalized spacial score (nSPS) is 14.1. The maximum Gasteiger partial charge on any atom is 0.335 e. The predicted molar refractivity (Wildman–Crippen MR) is 169 cm³/mol. The van der Waals surface area contributed by atoms with Gasteiger partial charge in [-0.05, 0) is 54.3 Å². The first-order chi connectivity index (χ1) is 22.8. The van der Waals surface area contributed by atoms with E-state index in [1.54, 1.807) is 47.4 Å². The van der Waals surface area contributed by atoms with Crippen LogP contribution in [0.4, 0.5) is 8.78 Å². The number of rotatable bonds is 9. The van der Waals surface area contributed by atoms with Crippen LogP contribution in [0.25, 0.3) is 22.3 Å². The maximum absolute atomic E-state index is 15.6. The van der Waals surface area contributed by atoms with Crippen LogP contribution < -0.4 is 4.74 Å². The van der Waals surface area contributed by atoms with Crippen LogP contribution in [-0.4, -0.2) is 53.1 Å². The molecule has 1 unspecified atom stereocenters. The zero-order chi connectivity index (χ0) is 32.5. The quantitative estimate of drug-likeness (QED) is 0.200. The van der Waals surface area contributed by atoms with Gasteiger partial charge in [-0.2, -0.15) is 5.10 Å². The van der Waals surface area contributed by atoms with Crippen molar-refractivity contribution in [2.45, 2.75) is 32.1 Å². The molecule has 1 fully saturated rings. The highest BCUT2D eigenvalue weighted by atomic mass is 32.1. The molecule has 0 amide bonds. The Morgan fingerprint density at radius 1 is 1.13 bits per heavy atom. The van der Waals surface area contributed by atoms with Gasteiger partial charge in [-0.15, -0.1) is 11.3 Å². The molecular formula is C34H26F2N6O4S. The fourth-order valence-electron chi connectivity index (χ4n) is 5.20. The summed E-state index contributed by atoms with van der Waals surface area (Å²) in [7, 11) is 1.82. The minimum Gasteiger partial charge on any atom is -0.478 e. The summed E-state index contributed by atoms with van der Waals surface area (Å²) in [5.41, 5.74) is 2.38. The van der Waals surface area contributed by atoms with E-state index in [1.165, 1.54) is 17.4 Å². The number of aromatic nitrogens is 6. The summed E-state index contributed by atoms with van der Waals surface area (Å²) >= 11 is 1.38. The predicted octanol–water partition coefficient (Wildman–Crippen LogP) is 5.62. The molecule has 2 aromatic carbocycles. The highest BCUT2D eigenvalue weighted by Gasteiger charge is 2.24. The summed E-state index contributed by atoms with van der Waals surface area (Å²) in [5, 5.41) is 14.3. The number of aryl methyl sites for hydroxylation is 1. The van der Waals surface area contributed by atoms with E-state index in [4.69, 9.17) is 9.47 Å². The molecule has 13 heteroatoms. The van der Waals surface area contributed by atoms with E-state index in [0.29, 0.717) is 35.0 Å². The van der Waals surface area contributed by atoms with E-state index >= 15 is 8.78 Å². The molecule has 1 atom stereocenters. The van der Waals surface area contributed by atoms with Gasteiger partial charge in [0.25, 0.3) is 0 Å². The van der Waals surface area contributed by atoms with Crippen LogP contribution in [-0.2, 0) is 31.4 Å². The number of carboxylic acids is 1. The third kappa shape index (κ3) is 6.60. The third-order valence-electron chi connectivity index (χ3n) is 7.67. The summed E-state index contributed by atoms with van der Waals surface area (Å²) in [6, 6.07) is 11.8. The molecule has 6 aromatic rings. The first-order valence-electron chi connectivity index (χ1n) is 14.7. The van der Waals surface area contributed by atoms with Gasteiger partial charge >= 0.3 is 5.97 Å². The second-order valence-electron chi connectivity index (χ2n) is 10.9. The number of hydrogen-bond donors (Lipinski definition) is 1. The van der Waals surface area contributed by atoms with Gasteiger partial charge in [-0.3, -0.25) is 4.68 Å². The van der Waals surface area contributed by atoms with E-state index in [9.17, 15) is 9.90 Å². The molecule has 47 heavy (non-hydrogen) atoms. The summed E-state index contributed by atoms with van der Waals surface area (Å²) in [6.07, 6.45) is 5.95. The number of aromatic carboxylic acids is 1. The summed E-state index contributed by atoms with van der Waals surface area (Å²) in [5.74, 6) is 4.47. The van der Waals surface area contributed by atoms with Crippen LogP contribution >= 0.6 is 11.3 Å². The summed E-state index contributed by atoms with van der Waals surface area (Å²) in [6.45, 7) is 1.20. The molecule has 4 aromatic heterocycles. The molecule has 0 radical (unpaired) electrons. The fourth-order valence-corrected chi connectivity index (χ4v) is 5.89. The zero-order valence-corrected chi connectivity index (χ0v) is 25.8. The number of imidazole rings is 1. The largest absolute Gasteiger partial charge is 0.478 e. The van der Waals surface area contributed by atoms with Crippen LogP contribution in [0.2, 0.25) is 0 Å². The molecular weight excluding hydrogens is 626 g/mol. The number of carboxylic acid groups (broad SMARTS) is 1. The minimum atomic E-state index is -1.06. The van der Waals surface area contributed by atoms with Crippen molar-refractivity contribution in [1.29, 1.82) is 0 Å². The Bertz CT molecular complexity index is 2190. The molecule has 0 saturated carbocycles. The van der Waals surface area contributed by atoms with Crippen LogP contribution in [0, 0.1) is 23.5 Å². The molecule has 1 saturated heterocycles. The fraction of sp³-hybridized carbons (Fsp3) is 0.206. The SMILES string of the molecule is Cn1cc(C#Cc2cnc(COc3cccc(-c4cc(F)c(Cc5nc6ccc(C(=O)O)cc6n5CC5CCO5)cc4F)n3)s2)cn1. The molecule has 5 heterocycles. The van der Waals surface area contributed by atoms with Crippen molar-refractivity contribution < 1.29 is 28.2 Å². The minimum absolute atomic E-state index is 0.00810. The van der Waals surface area contributed by atoms with Crippen molar-refractivity contribution in [3.05, 3.63) is 111 Å². The number of benzene rings is 2. The van der Waals surface area contributed by atoms with Gasteiger partial charge in [0.05, 0.1) is 57.8 Å². The number of hydrogen-bond acceptors (Lipinski definition) is 8. The van der Waals surface area contributed by atoms with Crippen molar-refractivity contribution in [1.82, 2.24) is 29.3 Å². The van der Waals surface area contributed by atoms with Gasteiger partial charge in [-0.1, -0.05) is 12.0 Å². The van der Waals surface area contributed by atoms with Crippen LogP contribution in [0.3, 0.4) is 0 Å². The number of ether oxygens (including phenoxy) is 2. The maximum atomic E-state index is 15.6. The second-order valence-corrected chi connectivity index (χ2v) is 12.1. The van der Waals surface area contributed by atoms with Crippen molar-refractivity contribution in [2.24, 2.45) is 7.05 Å². The number of nitrogens with zero attached hydrogens (tertiary/aromatic N) is 6. The number of thiazole rings is 1. The lowest BCUT2D eigenvalue weighted by Gasteiger charge is -2.27. The number of carbonyl (C=O) groups is 1. The Hall–Kier alpha value is -5.45. The number of halogens is 2. The van der Waals surface area contributed by atoms with Crippen molar-refractivity contribution in [3.63, 3.8) is 0 Å². The Kier molecular flexibility index (Phi) is 8.19. The topological polar surface area (TPSA) is 117 Å². The Morgan fingerprint density at radius 3 is 2.77 bits per heavy atom. The van der Waals surface area contributed by atoms with Gasteiger partial charge in [-0.25, -0.2) is 28.5 Å². The second kappa shape index (κ2) is 12.7. The van der Waals surface area contributed by atoms with Crippen molar-refractivity contribution >= 4 is 28.3 Å². The first kappa shape index (κ1) is 30.2. The molecule has 0 bridgehead atoms. The molecule has 1 aliphatic heterocycles. The zero-order valence-electron chi connectivity index (χ0n) is 25.0. The van der Waals surface area contributed by atoms with Gasteiger partial charge in [0, 0.05) is 37.9 Å². The lowest BCUT2D eigenvalue weighted by Crippen LogP contribution is -2.31. The van der Waals surface area contributed by atoms with E-state index in [1.807, 2.05) is 17.8 Å². The molecule has 1 aliphatic rings. The molecule has 1 N–H and O–H groups in total. The van der Waals surface area contributed by atoms with Crippen LogP contribution in [0.5, 0.6) is 5.88 Å². The molecule has 7 rings (SSSR count). The summed E-state index contributed by atoms with van der Waals surface area (Å²) in [4.78, 5) is 25.8. The lowest BCUT2D eigenvalue weighted by atomic mass is 10.0. The highest BCUT2D eigenvalue weighted by molar-refractivity contribution is 7.12. The van der Waals surface area contributed by atoms with E-state index in [-0.39, 0.29) is 47.4 Å². The van der Waals surface area contributed by atoms with Crippen molar-refractivity contribution in [3.8, 4) is 29.0 Å². The lowest BCUT2D eigenvalue weighted by molar-refractivity contribution is -0.0589. The monoisotopic (exact) mass is 652 g/mol. The highest BCUT2D eigenvalue weighted by Crippen LogP contribution is 2.29. The average molecular weight is 653 g/mol. The molecule has 0 aliphatic carbocycles. The van der Waals surface area contributed by atoms with Gasteiger partial charge in [0.1, 0.15) is 29.1 Å². The standard InChI is InChI=1S/C34H26F2N6O4S/c1-41-17-20(15-38-41)5-7-24-16-37-33(47-24)19-46-32-4-2-3-28(40-32)25-14-26(35)22(11-27(25)36)13-31-39-29-8-6-21(34(43)44)12-30(29)42(31)18-23-9-10-45-23/h2-4,6,8,11-12,14-17,23H,9-10,13,18-19H2,1H3,(H,43,44). The van der Waals surface area contributed by atoms with Gasteiger partial charge in [0.2, 0.25) is 5.88 Å². The van der Waals surface area contributed by atoms with Gasteiger partial charge < -0.3 is 19.1 Å². The smallest absolute Gasteiger partial charge is 0.335 e. The van der Waals surface area contributed by atoms with E-state index in [0.717, 1.165) is 29.0 Å². The van der Waals surface area contributed by atoms with Crippen LogP contribution in [0.15, 0.2) is 67.1 Å². The van der Waals surface area contributed by atoms with E-state index < -0.39 is 17.6 Å². The van der Waals surface area contributed by atoms with Crippen LogP contribution in [0.1, 0.15) is 43.6 Å². The van der Waals surface area contributed by atoms with Gasteiger partial charge in [0.15, 0.2) is 0 Å². The molecule has 0 spiro atoms. The molecule has 236 valence electrons. The van der Waals surface area contributed by atoms with Crippen molar-refractivity contribution in [2.75, 3.05) is 6.61 Å². The Labute approximate surface area is 271 Å². The Balaban J connectivity index is 1.08.